The predicted octanol–water partition coefficient (Wildman–Crippen LogP) is 3.27. The number of benzene rings is 2. The van der Waals surface area contributed by atoms with Crippen molar-refractivity contribution in [1.82, 2.24) is 9.55 Å². The molecule has 5 heteroatoms. The fourth-order valence-corrected chi connectivity index (χ4v) is 3.21. The first-order chi connectivity index (χ1) is 12.2. The van der Waals surface area contributed by atoms with Gasteiger partial charge in [0.1, 0.15) is 5.82 Å². The average Bonchev–Trinajstić information content (AvgIpc) is 2.97. The smallest absolute Gasteiger partial charge is 0.161 e. The van der Waals surface area contributed by atoms with Gasteiger partial charge in [-0.3, -0.25) is 0 Å². The third-order valence-corrected chi connectivity index (χ3v) is 4.48. The molecule has 0 saturated carbocycles. The second kappa shape index (κ2) is 7.57. The van der Waals surface area contributed by atoms with Crippen LogP contribution in [0, 0.1) is 0 Å². The van der Waals surface area contributed by atoms with E-state index in [-0.39, 0.29) is 5.92 Å². The van der Waals surface area contributed by atoms with Gasteiger partial charge in [-0.25, -0.2) is 4.98 Å². The normalized spacial score (nSPS) is 12.3. The number of aromatic nitrogens is 2. The maximum atomic E-state index is 6.09. The van der Waals surface area contributed by atoms with E-state index < -0.39 is 0 Å². The molecule has 25 heavy (non-hydrogen) atoms. The lowest BCUT2D eigenvalue weighted by Crippen LogP contribution is -2.18. The molecule has 0 aliphatic rings. The average molecular weight is 339 g/mol. The summed E-state index contributed by atoms with van der Waals surface area (Å²) in [5.41, 5.74) is 9.37. The number of methoxy groups -OCH3 is 1. The lowest BCUT2D eigenvalue weighted by Gasteiger charge is -2.16. The van der Waals surface area contributed by atoms with Gasteiger partial charge >= 0.3 is 0 Å². The van der Waals surface area contributed by atoms with Crippen LogP contribution >= 0.6 is 0 Å². The molecule has 0 aliphatic carbocycles. The number of nitrogens with two attached hydrogens (primary N) is 1. The molecule has 0 fully saturated rings. The van der Waals surface area contributed by atoms with Gasteiger partial charge in [-0.1, -0.05) is 18.2 Å². The van der Waals surface area contributed by atoms with Crippen molar-refractivity contribution < 1.29 is 9.47 Å². The van der Waals surface area contributed by atoms with E-state index in [0.29, 0.717) is 13.2 Å². The highest BCUT2D eigenvalue weighted by Crippen LogP contribution is 2.30. The van der Waals surface area contributed by atoms with E-state index in [2.05, 4.69) is 16.7 Å². The molecule has 3 rings (SSSR count). The topological polar surface area (TPSA) is 62.3 Å². The molecule has 1 atom stereocenters. The number of aryl methyl sites for hydroxylation is 1. The van der Waals surface area contributed by atoms with Crippen LogP contribution in [0.4, 0.5) is 0 Å². The quantitative estimate of drug-likeness (QED) is 0.718. The molecule has 2 N–H and O–H groups in total. The summed E-state index contributed by atoms with van der Waals surface area (Å²) >= 11 is 0. The lowest BCUT2D eigenvalue weighted by atomic mass is 9.98. The highest BCUT2D eigenvalue weighted by atomic mass is 16.5. The maximum absolute atomic E-state index is 6.09. The zero-order valence-electron chi connectivity index (χ0n) is 15.0. The van der Waals surface area contributed by atoms with Gasteiger partial charge in [-0.15, -0.1) is 0 Å². The Kier molecular flexibility index (Phi) is 5.24. The van der Waals surface area contributed by atoms with Gasteiger partial charge in [-0.2, -0.15) is 0 Å². The number of ether oxygens (including phenoxy) is 2. The Balaban J connectivity index is 1.91. The Morgan fingerprint density at radius 2 is 1.96 bits per heavy atom. The zero-order valence-corrected chi connectivity index (χ0v) is 15.0. The second-order valence-corrected chi connectivity index (χ2v) is 6.07. The van der Waals surface area contributed by atoms with Crippen molar-refractivity contribution in [2.45, 2.75) is 19.3 Å². The fourth-order valence-electron chi connectivity index (χ4n) is 3.21. The van der Waals surface area contributed by atoms with E-state index in [4.69, 9.17) is 20.2 Å². The third kappa shape index (κ3) is 3.46. The lowest BCUT2D eigenvalue weighted by molar-refractivity contribution is 0.310. The Hall–Kier alpha value is -2.53. The summed E-state index contributed by atoms with van der Waals surface area (Å²) in [5, 5.41) is 0. The fraction of sp³-hybridized carbons (Fsp3) is 0.350. The number of imidazole rings is 1. The van der Waals surface area contributed by atoms with Crippen LogP contribution in [-0.4, -0.2) is 29.8 Å². The molecule has 0 bridgehead atoms. The van der Waals surface area contributed by atoms with Crippen LogP contribution in [0.3, 0.4) is 0 Å². The monoisotopic (exact) mass is 339 g/mol. The summed E-state index contributed by atoms with van der Waals surface area (Å²) in [7, 11) is 3.70. The Morgan fingerprint density at radius 1 is 1.16 bits per heavy atom. The minimum absolute atomic E-state index is 0.139. The minimum atomic E-state index is 0.139. The molecule has 132 valence electrons. The first-order valence-corrected chi connectivity index (χ1v) is 8.59. The van der Waals surface area contributed by atoms with E-state index >= 15 is 0 Å². The largest absolute Gasteiger partial charge is 0.493 e. The Bertz CT molecular complexity index is 857. The van der Waals surface area contributed by atoms with Gasteiger partial charge in [0.2, 0.25) is 0 Å². The van der Waals surface area contributed by atoms with E-state index in [1.165, 1.54) is 0 Å². The van der Waals surface area contributed by atoms with Crippen molar-refractivity contribution in [1.29, 1.82) is 0 Å². The predicted molar refractivity (Wildman–Crippen MR) is 100 cm³/mol. The molecular weight excluding hydrogens is 314 g/mol. The number of nitrogens with zero attached hydrogens (tertiary/aromatic N) is 2. The van der Waals surface area contributed by atoms with Crippen LogP contribution in [0.2, 0.25) is 0 Å². The van der Waals surface area contributed by atoms with Gasteiger partial charge in [0.05, 0.1) is 24.8 Å². The standard InChI is InChI=1S/C20H25N3O2/c1-4-25-19-12-14(9-10-18(19)24-3)11-15(13-21)20-22-16-7-5-6-8-17(16)23(20)2/h5-10,12,15H,4,11,13,21H2,1-3H3. The summed E-state index contributed by atoms with van der Waals surface area (Å²) < 4.78 is 13.2. The van der Waals surface area contributed by atoms with Crippen molar-refractivity contribution in [3.05, 3.63) is 53.9 Å². The molecule has 5 nitrogen and oxygen atoms in total. The van der Waals surface area contributed by atoms with Crippen LogP contribution < -0.4 is 15.2 Å². The van der Waals surface area contributed by atoms with Crippen LogP contribution in [0.25, 0.3) is 11.0 Å². The summed E-state index contributed by atoms with van der Waals surface area (Å²) in [5.74, 6) is 2.67. The van der Waals surface area contributed by atoms with Crippen molar-refractivity contribution in [2.24, 2.45) is 12.8 Å². The van der Waals surface area contributed by atoms with E-state index in [1.807, 2.05) is 44.3 Å². The number of rotatable bonds is 7. The molecule has 0 radical (unpaired) electrons. The molecule has 0 amide bonds. The summed E-state index contributed by atoms with van der Waals surface area (Å²) in [4.78, 5) is 4.80. The van der Waals surface area contributed by atoms with E-state index in [0.717, 1.165) is 40.3 Å². The van der Waals surface area contributed by atoms with Crippen LogP contribution in [-0.2, 0) is 13.5 Å². The number of hydrogen-bond acceptors (Lipinski definition) is 4. The van der Waals surface area contributed by atoms with Gasteiger partial charge in [0.15, 0.2) is 11.5 Å². The van der Waals surface area contributed by atoms with Crippen LogP contribution in [0.5, 0.6) is 11.5 Å². The molecule has 1 aromatic heterocycles. The first-order valence-electron chi connectivity index (χ1n) is 8.59. The van der Waals surface area contributed by atoms with E-state index in [9.17, 15) is 0 Å². The third-order valence-electron chi connectivity index (χ3n) is 4.48. The van der Waals surface area contributed by atoms with Crippen LogP contribution in [0.1, 0.15) is 24.2 Å². The van der Waals surface area contributed by atoms with E-state index in [1.54, 1.807) is 7.11 Å². The minimum Gasteiger partial charge on any atom is -0.493 e. The van der Waals surface area contributed by atoms with Gasteiger partial charge in [0.25, 0.3) is 0 Å². The first kappa shape index (κ1) is 17.3. The van der Waals surface area contributed by atoms with Gasteiger partial charge < -0.3 is 19.8 Å². The second-order valence-electron chi connectivity index (χ2n) is 6.07. The molecule has 0 spiro atoms. The summed E-state index contributed by atoms with van der Waals surface area (Å²) in [6.45, 7) is 3.10. The Labute approximate surface area is 148 Å². The molecule has 0 aliphatic heterocycles. The van der Waals surface area contributed by atoms with Crippen molar-refractivity contribution >= 4 is 11.0 Å². The van der Waals surface area contributed by atoms with Gasteiger partial charge in [0, 0.05) is 19.5 Å². The Morgan fingerprint density at radius 3 is 2.64 bits per heavy atom. The molecule has 1 unspecified atom stereocenters. The highest BCUT2D eigenvalue weighted by Gasteiger charge is 2.19. The maximum Gasteiger partial charge on any atom is 0.161 e. The number of fused-ring (bicyclic) bond motifs is 1. The van der Waals surface area contributed by atoms with Gasteiger partial charge in [-0.05, 0) is 43.2 Å². The molecule has 2 aromatic carbocycles. The zero-order chi connectivity index (χ0) is 17.8. The van der Waals surface area contributed by atoms with Crippen molar-refractivity contribution in [2.75, 3.05) is 20.3 Å². The number of hydrogen-bond donors (Lipinski definition) is 1. The SMILES string of the molecule is CCOc1cc(CC(CN)c2nc3ccccc3n2C)ccc1OC. The van der Waals surface area contributed by atoms with Crippen molar-refractivity contribution in [3.8, 4) is 11.5 Å². The molecular formula is C20H25N3O2. The molecule has 1 heterocycles. The highest BCUT2D eigenvalue weighted by molar-refractivity contribution is 5.75. The molecule has 3 aromatic rings. The summed E-state index contributed by atoms with van der Waals surface area (Å²) in [6.07, 6.45) is 0.803. The summed E-state index contributed by atoms with van der Waals surface area (Å²) in [6, 6.07) is 14.2. The number of para-hydroxylation sites is 2. The van der Waals surface area contributed by atoms with Crippen molar-refractivity contribution in [3.63, 3.8) is 0 Å². The van der Waals surface area contributed by atoms with Crippen LogP contribution in [0.15, 0.2) is 42.5 Å². The molecule has 0 saturated heterocycles.